The van der Waals surface area contributed by atoms with Crippen molar-refractivity contribution < 1.29 is 22.8 Å². The predicted molar refractivity (Wildman–Crippen MR) is 84.9 cm³/mol. The summed E-state index contributed by atoms with van der Waals surface area (Å²) in [5.74, 6) is -1.92. The molecule has 1 aliphatic heterocycles. The Morgan fingerprint density at radius 1 is 1.26 bits per heavy atom. The third-order valence-electron chi connectivity index (χ3n) is 3.80. The van der Waals surface area contributed by atoms with E-state index in [-0.39, 0.29) is 17.3 Å². The summed E-state index contributed by atoms with van der Waals surface area (Å²) in [5.41, 5.74) is 0.758. The smallest absolute Gasteiger partial charge is 0.313 e. The molecule has 1 aromatic rings. The Bertz CT molecular complexity index is 757. The minimum atomic E-state index is -3.14. The molecular formula is C15H18N2O5S. The first kappa shape index (κ1) is 17.1. The van der Waals surface area contributed by atoms with Crippen LogP contribution in [0.4, 0.5) is 5.69 Å². The maximum atomic E-state index is 12.1. The monoisotopic (exact) mass is 338 g/mol. The molecule has 1 saturated heterocycles. The molecule has 1 atom stereocenters. The first-order chi connectivity index (χ1) is 10.7. The minimum absolute atomic E-state index is 0.0254. The van der Waals surface area contributed by atoms with Crippen molar-refractivity contribution in [3.8, 4) is 0 Å². The van der Waals surface area contributed by atoms with Gasteiger partial charge in [0.2, 0.25) is 0 Å². The third-order valence-corrected chi connectivity index (χ3v) is 5.55. The molecule has 2 amide bonds. The van der Waals surface area contributed by atoms with E-state index >= 15 is 0 Å². The quantitative estimate of drug-likeness (QED) is 0.638. The van der Waals surface area contributed by atoms with E-state index in [1.54, 1.807) is 18.2 Å². The average molecular weight is 338 g/mol. The summed E-state index contributed by atoms with van der Waals surface area (Å²) in [5, 5.41) is 2.43. The third kappa shape index (κ3) is 4.16. The van der Waals surface area contributed by atoms with E-state index in [9.17, 15) is 22.8 Å². The molecule has 0 bridgehead atoms. The zero-order valence-corrected chi connectivity index (χ0v) is 13.7. The minimum Gasteiger partial charge on any atom is -0.333 e. The summed E-state index contributed by atoms with van der Waals surface area (Å²) in [4.78, 5) is 36.6. The summed E-state index contributed by atoms with van der Waals surface area (Å²) in [6, 6.07) is 5.77. The van der Waals surface area contributed by atoms with Crippen LogP contribution in [0.25, 0.3) is 0 Å². The van der Waals surface area contributed by atoms with Gasteiger partial charge < -0.3 is 10.2 Å². The molecule has 7 nitrogen and oxygen atoms in total. The van der Waals surface area contributed by atoms with Gasteiger partial charge in [-0.2, -0.15) is 0 Å². The summed E-state index contributed by atoms with van der Waals surface area (Å²) >= 11 is 0. The van der Waals surface area contributed by atoms with Crippen LogP contribution in [0.1, 0.15) is 23.7 Å². The molecular weight excluding hydrogens is 320 g/mol. The second-order valence-electron chi connectivity index (χ2n) is 5.56. The number of nitrogens with one attached hydrogen (secondary N) is 1. The number of ketones is 1. The number of carbonyl (C=O) groups excluding carboxylic acids is 3. The van der Waals surface area contributed by atoms with Gasteiger partial charge in [-0.3, -0.25) is 14.4 Å². The fourth-order valence-electron chi connectivity index (χ4n) is 2.41. The van der Waals surface area contributed by atoms with Gasteiger partial charge in [0.15, 0.2) is 15.6 Å². The number of amides is 2. The molecule has 2 rings (SSSR count). The molecule has 1 unspecified atom stereocenters. The second-order valence-corrected chi connectivity index (χ2v) is 7.79. The first-order valence-corrected chi connectivity index (χ1v) is 8.91. The van der Waals surface area contributed by atoms with Crippen molar-refractivity contribution in [2.45, 2.75) is 19.4 Å². The number of hydrogen-bond donors (Lipinski definition) is 1. The standard InChI is InChI=1S/C15H18N2O5S/c1-10(18)11-4-3-5-12(8-11)16-14(19)15(20)17(2)13-6-7-23(21,22)9-13/h3-5,8,13H,6-7,9H2,1-2H3,(H,16,19). The van der Waals surface area contributed by atoms with Crippen molar-refractivity contribution >= 4 is 33.1 Å². The van der Waals surface area contributed by atoms with Crippen LogP contribution in [0.15, 0.2) is 24.3 Å². The predicted octanol–water partition coefficient (Wildman–Crippen LogP) is 0.473. The Hall–Kier alpha value is -2.22. The number of Topliss-reactive ketones (excluding diaryl/α,β-unsaturated/α-hetero) is 1. The van der Waals surface area contributed by atoms with E-state index in [1.807, 2.05) is 0 Å². The molecule has 1 aromatic carbocycles. The molecule has 0 aromatic heterocycles. The number of hydrogen-bond acceptors (Lipinski definition) is 5. The Kier molecular flexibility index (Phi) is 4.84. The van der Waals surface area contributed by atoms with Gasteiger partial charge in [0.1, 0.15) is 0 Å². The van der Waals surface area contributed by atoms with Crippen LogP contribution in [0, 0.1) is 0 Å². The van der Waals surface area contributed by atoms with Crippen molar-refractivity contribution in [2.24, 2.45) is 0 Å². The van der Waals surface area contributed by atoms with Crippen LogP contribution < -0.4 is 5.32 Å². The highest BCUT2D eigenvalue weighted by molar-refractivity contribution is 7.91. The highest BCUT2D eigenvalue weighted by Gasteiger charge is 2.34. The molecule has 0 aliphatic carbocycles. The van der Waals surface area contributed by atoms with Gasteiger partial charge in [0.05, 0.1) is 11.5 Å². The zero-order chi connectivity index (χ0) is 17.2. The van der Waals surface area contributed by atoms with Crippen LogP contribution in [-0.2, 0) is 19.4 Å². The number of rotatable bonds is 3. The van der Waals surface area contributed by atoms with Gasteiger partial charge in [-0.05, 0) is 25.5 Å². The Morgan fingerprint density at radius 3 is 2.52 bits per heavy atom. The molecule has 0 spiro atoms. The number of likely N-dealkylation sites (N-methyl/N-ethyl adjacent to an activating group) is 1. The van der Waals surface area contributed by atoms with Gasteiger partial charge in [-0.1, -0.05) is 12.1 Å². The zero-order valence-electron chi connectivity index (χ0n) is 12.9. The van der Waals surface area contributed by atoms with Crippen molar-refractivity contribution in [2.75, 3.05) is 23.9 Å². The average Bonchev–Trinajstić information content (AvgIpc) is 2.86. The van der Waals surface area contributed by atoms with E-state index in [4.69, 9.17) is 0 Å². The van der Waals surface area contributed by atoms with E-state index in [1.165, 1.54) is 20.0 Å². The number of benzene rings is 1. The van der Waals surface area contributed by atoms with Crippen LogP contribution in [-0.4, -0.2) is 55.5 Å². The van der Waals surface area contributed by atoms with E-state index in [2.05, 4.69) is 5.32 Å². The van der Waals surface area contributed by atoms with Gasteiger partial charge >= 0.3 is 11.8 Å². The molecule has 1 aliphatic rings. The lowest BCUT2D eigenvalue weighted by molar-refractivity contribution is -0.143. The van der Waals surface area contributed by atoms with Crippen molar-refractivity contribution in [3.05, 3.63) is 29.8 Å². The van der Waals surface area contributed by atoms with Gasteiger partial charge in [-0.25, -0.2) is 8.42 Å². The van der Waals surface area contributed by atoms with Gasteiger partial charge in [-0.15, -0.1) is 0 Å². The van der Waals surface area contributed by atoms with Crippen LogP contribution >= 0.6 is 0 Å². The SMILES string of the molecule is CC(=O)c1cccc(NC(=O)C(=O)N(C)C2CCS(=O)(=O)C2)c1. The van der Waals surface area contributed by atoms with Crippen LogP contribution in [0.2, 0.25) is 0 Å². The lowest BCUT2D eigenvalue weighted by Gasteiger charge is -2.22. The van der Waals surface area contributed by atoms with Crippen molar-refractivity contribution in [1.29, 1.82) is 0 Å². The van der Waals surface area contributed by atoms with Crippen molar-refractivity contribution in [1.82, 2.24) is 4.90 Å². The summed E-state index contributed by atoms with van der Waals surface area (Å²) in [6.45, 7) is 1.40. The summed E-state index contributed by atoms with van der Waals surface area (Å²) in [6.07, 6.45) is 0.331. The second kappa shape index (κ2) is 6.49. The fourth-order valence-corrected chi connectivity index (χ4v) is 4.18. The molecule has 0 radical (unpaired) electrons. The van der Waals surface area contributed by atoms with Crippen molar-refractivity contribution in [3.63, 3.8) is 0 Å². The first-order valence-electron chi connectivity index (χ1n) is 7.09. The molecule has 23 heavy (non-hydrogen) atoms. The Labute approximate surface area is 134 Å². The van der Waals surface area contributed by atoms with Crippen LogP contribution in [0.3, 0.4) is 0 Å². The molecule has 1 heterocycles. The molecule has 0 saturated carbocycles. The van der Waals surface area contributed by atoms with Gasteiger partial charge in [0.25, 0.3) is 0 Å². The molecule has 1 fully saturated rings. The largest absolute Gasteiger partial charge is 0.333 e. The highest BCUT2D eigenvalue weighted by atomic mass is 32.2. The van der Waals surface area contributed by atoms with Crippen LogP contribution in [0.5, 0.6) is 0 Å². The number of carbonyl (C=O) groups is 3. The van der Waals surface area contributed by atoms with E-state index in [0.29, 0.717) is 17.7 Å². The van der Waals surface area contributed by atoms with E-state index < -0.39 is 27.7 Å². The summed E-state index contributed by atoms with van der Waals surface area (Å²) in [7, 11) is -1.72. The maximum Gasteiger partial charge on any atom is 0.313 e. The molecule has 8 heteroatoms. The highest BCUT2D eigenvalue weighted by Crippen LogP contribution is 2.17. The Morgan fingerprint density at radius 2 is 1.96 bits per heavy atom. The lowest BCUT2D eigenvalue weighted by atomic mass is 10.1. The molecule has 1 N–H and O–H groups in total. The number of sulfone groups is 1. The summed E-state index contributed by atoms with van der Waals surface area (Å²) < 4.78 is 22.9. The van der Waals surface area contributed by atoms with Gasteiger partial charge in [0, 0.05) is 24.3 Å². The topological polar surface area (TPSA) is 101 Å². The van der Waals surface area contributed by atoms with E-state index in [0.717, 1.165) is 4.90 Å². The Balaban J connectivity index is 2.04. The number of nitrogens with zero attached hydrogens (tertiary/aromatic N) is 1. The maximum absolute atomic E-state index is 12.1. The molecule has 124 valence electrons. The fraction of sp³-hybridized carbons (Fsp3) is 0.400. The normalized spacial score (nSPS) is 19.1. The lowest BCUT2D eigenvalue weighted by Crippen LogP contribution is -2.43. The number of anilines is 1.